The summed E-state index contributed by atoms with van der Waals surface area (Å²) in [6.45, 7) is 1.83. The van der Waals surface area contributed by atoms with Gasteiger partial charge in [0, 0.05) is 23.2 Å². The number of halogens is 1. The van der Waals surface area contributed by atoms with Crippen LogP contribution in [-0.2, 0) is 0 Å². The first-order valence-corrected chi connectivity index (χ1v) is 4.67. The van der Waals surface area contributed by atoms with Crippen LogP contribution in [0.1, 0.15) is 5.69 Å². The molecule has 0 saturated carbocycles. The minimum atomic E-state index is -0.449. The molecule has 0 aliphatic heterocycles. The highest BCUT2D eigenvalue weighted by molar-refractivity contribution is 6.35. The van der Waals surface area contributed by atoms with E-state index in [-0.39, 0.29) is 5.69 Å². The first-order chi connectivity index (χ1) is 7.08. The number of fused-ring (bicyclic) bond motifs is 1. The Morgan fingerprint density at radius 2 is 2.13 bits per heavy atom. The number of hydrogen-bond donors (Lipinski definition) is 0. The van der Waals surface area contributed by atoms with E-state index >= 15 is 0 Å². The van der Waals surface area contributed by atoms with Crippen LogP contribution in [0.4, 0.5) is 5.69 Å². The van der Waals surface area contributed by atoms with Gasteiger partial charge >= 0.3 is 0 Å². The van der Waals surface area contributed by atoms with Gasteiger partial charge in [-0.3, -0.25) is 15.1 Å². The normalized spacial score (nSPS) is 10.5. The number of rotatable bonds is 1. The molecule has 0 radical (unpaired) electrons. The molecule has 1 aromatic heterocycles. The third kappa shape index (κ3) is 1.76. The van der Waals surface area contributed by atoms with Gasteiger partial charge in [0.15, 0.2) is 0 Å². The maximum atomic E-state index is 10.6. The molecule has 0 fully saturated rings. The summed E-state index contributed by atoms with van der Waals surface area (Å²) in [6, 6.07) is 6.15. The van der Waals surface area contributed by atoms with Gasteiger partial charge < -0.3 is 0 Å². The molecule has 0 bridgehead atoms. The molecule has 0 atom stereocenters. The molecule has 5 heteroatoms. The first-order valence-electron chi connectivity index (χ1n) is 4.29. The Balaban J connectivity index is 2.76. The van der Waals surface area contributed by atoms with Crippen molar-refractivity contribution in [3.63, 3.8) is 0 Å². The van der Waals surface area contributed by atoms with Crippen LogP contribution < -0.4 is 0 Å². The molecular formula is C10H7ClN2O2. The maximum absolute atomic E-state index is 10.6. The molecule has 0 saturated heterocycles. The summed E-state index contributed by atoms with van der Waals surface area (Å²) in [7, 11) is 0. The highest BCUT2D eigenvalue weighted by Crippen LogP contribution is 2.26. The Kier molecular flexibility index (Phi) is 2.28. The van der Waals surface area contributed by atoms with Gasteiger partial charge in [0.1, 0.15) is 0 Å². The van der Waals surface area contributed by atoms with Crippen molar-refractivity contribution >= 4 is 28.2 Å². The highest BCUT2D eigenvalue weighted by atomic mass is 35.5. The predicted octanol–water partition coefficient (Wildman–Crippen LogP) is 3.10. The number of aryl methyl sites for hydroxylation is 1. The van der Waals surface area contributed by atoms with Crippen molar-refractivity contribution in [1.82, 2.24) is 4.98 Å². The average molecular weight is 223 g/mol. The number of aromatic nitrogens is 1. The summed E-state index contributed by atoms with van der Waals surface area (Å²) in [6.07, 6.45) is 0. The molecule has 15 heavy (non-hydrogen) atoms. The molecule has 2 aromatic rings. The lowest BCUT2D eigenvalue weighted by molar-refractivity contribution is -0.384. The molecular weight excluding hydrogens is 216 g/mol. The minimum absolute atomic E-state index is 0.0232. The summed E-state index contributed by atoms with van der Waals surface area (Å²) in [5, 5.41) is 11.7. The van der Waals surface area contributed by atoms with Gasteiger partial charge in [0.05, 0.1) is 15.5 Å². The van der Waals surface area contributed by atoms with Crippen LogP contribution >= 0.6 is 11.6 Å². The molecule has 0 N–H and O–H groups in total. The van der Waals surface area contributed by atoms with Crippen molar-refractivity contribution in [3.8, 4) is 0 Å². The van der Waals surface area contributed by atoms with E-state index in [4.69, 9.17) is 11.6 Å². The van der Waals surface area contributed by atoms with E-state index in [1.54, 1.807) is 12.1 Å². The molecule has 4 nitrogen and oxygen atoms in total. The van der Waals surface area contributed by atoms with Crippen molar-refractivity contribution in [2.24, 2.45) is 0 Å². The summed E-state index contributed by atoms with van der Waals surface area (Å²) >= 11 is 5.98. The van der Waals surface area contributed by atoms with E-state index in [1.165, 1.54) is 12.1 Å². The van der Waals surface area contributed by atoms with Gasteiger partial charge in [-0.1, -0.05) is 11.6 Å². The van der Waals surface area contributed by atoms with Crippen molar-refractivity contribution < 1.29 is 4.92 Å². The fourth-order valence-electron chi connectivity index (χ4n) is 1.41. The van der Waals surface area contributed by atoms with E-state index in [0.717, 1.165) is 5.69 Å². The van der Waals surface area contributed by atoms with Crippen LogP contribution in [0.15, 0.2) is 24.3 Å². The predicted molar refractivity (Wildman–Crippen MR) is 58.1 cm³/mol. The standard InChI is InChI=1S/C10H7ClN2O2/c1-6-4-9(11)8-5-7(13(14)15)2-3-10(8)12-6/h2-5H,1H3. The van der Waals surface area contributed by atoms with Gasteiger partial charge in [0.25, 0.3) is 5.69 Å². The van der Waals surface area contributed by atoms with Gasteiger partial charge in [-0.15, -0.1) is 0 Å². The summed E-state index contributed by atoms with van der Waals surface area (Å²) in [5.74, 6) is 0. The van der Waals surface area contributed by atoms with Crippen molar-refractivity contribution in [3.05, 3.63) is 45.1 Å². The number of hydrogen-bond acceptors (Lipinski definition) is 3. The quantitative estimate of drug-likeness (QED) is 0.550. The van der Waals surface area contributed by atoms with Crippen LogP contribution in [0.2, 0.25) is 5.02 Å². The van der Waals surface area contributed by atoms with Gasteiger partial charge in [-0.05, 0) is 19.1 Å². The van der Waals surface area contributed by atoms with Crippen molar-refractivity contribution in [2.45, 2.75) is 6.92 Å². The van der Waals surface area contributed by atoms with Gasteiger partial charge in [-0.2, -0.15) is 0 Å². The Labute approximate surface area is 90.7 Å². The number of nitrogens with zero attached hydrogens (tertiary/aromatic N) is 2. The molecule has 1 aromatic carbocycles. The van der Waals surface area contributed by atoms with E-state index in [2.05, 4.69) is 4.98 Å². The fourth-order valence-corrected chi connectivity index (χ4v) is 1.72. The molecule has 1 heterocycles. The monoisotopic (exact) mass is 222 g/mol. The van der Waals surface area contributed by atoms with Crippen molar-refractivity contribution in [1.29, 1.82) is 0 Å². The second kappa shape index (κ2) is 3.47. The van der Waals surface area contributed by atoms with Crippen LogP contribution in [0.5, 0.6) is 0 Å². The van der Waals surface area contributed by atoms with Gasteiger partial charge in [0.2, 0.25) is 0 Å². The lowest BCUT2D eigenvalue weighted by Crippen LogP contribution is -1.89. The number of nitro benzene ring substituents is 1. The Morgan fingerprint density at radius 1 is 1.40 bits per heavy atom. The number of non-ortho nitro benzene ring substituents is 1. The zero-order valence-electron chi connectivity index (χ0n) is 7.90. The zero-order valence-corrected chi connectivity index (χ0v) is 8.65. The fraction of sp³-hybridized carbons (Fsp3) is 0.100. The number of benzene rings is 1. The van der Waals surface area contributed by atoms with Crippen LogP contribution in [0.3, 0.4) is 0 Å². The van der Waals surface area contributed by atoms with Crippen molar-refractivity contribution in [2.75, 3.05) is 0 Å². The van der Waals surface area contributed by atoms with E-state index in [9.17, 15) is 10.1 Å². The lowest BCUT2D eigenvalue weighted by Gasteiger charge is -2.01. The smallest absolute Gasteiger partial charge is 0.258 e. The topological polar surface area (TPSA) is 56.0 Å². The van der Waals surface area contributed by atoms with E-state index in [1.807, 2.05) is 6.92 Å². The molecule has 0 unspecified atom stereocenters. The summed E-state index contributed by atoms with van der Waals surface area (Å²) < 4.78 is 0. The summed E-state index contributed by atoms with van der Waals surface area (Å²) in [5.41, 5.74) is 1.49. The third-order valence-electron chi connectivity index (χ3n) is 2.08. The Bertz CT molecular complexity index is 554. The lowest BCUT2D eigenvalue weighted by atomic mass is 10.2. The molecule has 0 aliphatic rings. The molecule has 0 spiro atoms. The molecule has 0 amide bonds. The second-order valence-corrected chi connectivity index (χ2v) is 3.61. The largest absolute Gasteiger partial charge is 0.270 e. The van der Waals surface area contributed by atoms with E-state index in [0.29, 0.717) is 15.9 Å². The zero-order chi connectivity index (χ0) is 11.0. The molecule has 76 valence electrons. The first kappa shape index (κ1) is 9.86. The van der Waals surface area contributed by atoms with Crippen LogP contribution in [0, 0.1) is 17.0 Å². The Morgan fingerprint density at radius 3 is 2.80 bits per heavy atom. The van der Waals surface area contributed by atoms with Crippen LogP contribution in [0.25, 0.3) is 10.9 Å². The second-order valence-electron chi connectivity index (χ2n) is 3.20. The third-order valence-corrected chi connectivity index (χ3v) is 2.39. The van der Waals surface area contributed by atoms with Gasteiger partial charge in [-0.25, -0.2) is 0 Å². The van der Waals surface area contributed by atoms with E-state index < -0.39 is 4.92 Å². The number of nitro groups is 1. The number of pyridine rings is 1. The SMILES string of the molecule is Cc1cc(Cl)c2cc([N+](=O)[O-])ccc2n1. The highest BCUT2D eigenvalue weighted by Gasteiger charge is 2.09. The Hall–Kier alpha value is -1.68. The maximum Gasteiger partial charge on any atom is 0.270 e. The summed E-state index contributed by atoms with van der Waals surface area (Å²) in [4.78, 5) is 14.3. The average Bonchev–Trinajstić information content (AvgIpc) is 2.16. The van der Waals surface area contributed by atoms with Crippen LogP contribution in [-0.4, -0.2) is 9.91 Å². The molecule has 2 rings (SSSR count). The minimum Gasteiger partial charge on any atom is -0.258 e. The molecule has 0 aliphatic carbocycles.